The molecule has 20 heavy (non-hydrogen) atoms. The second kappa shape index (κ2) is 7.87. The first-order valence-electron chi connectivity index (χ1n) is 7.06. The number of nitrogens with zero attached hydrogens (tertiary/aromatic N) is 1. The quantitative estimate of drug-likeness (QED) is 0.693. The first-order chi connectivity index (χ1) is 9.45. The van der Waals surface area contributed by atoms with E-state index in [1.54, 1.807) is 11.8 Å². The van der Waals surface area contributed by atoms with E-state index in [1.165, 1.54) is 14.0 Å². The van der Waals surface area contributed by atoms with Crippen LogP contribution in [-0.4, -0.2) is 49.4 Å². The zero-order chi connectivity index (χ0) is 15.1. The highest BCUT2D eigenvalue weighted by Gasteiger charge is 2.31. The van der Waals surface area contributed by atoms with Gasteiger partial charge in [0.15, 0.2) is 0 Å². The molecule has 1 aliphatic carbocycles. The third-order valence-electron chi connectivity index (χ3n) is 3.62. The predicted octanol–water partition coefficient (Wildman–Crippen LogP) is 0.560. The summed E-state index contributed by atoms with van der Waals surface area (Å²) in [6.07, 6.45) is 2.92. The van der Waals surface area contributed by atoms with Crippen molar-refractivity contribution in [2.24, 2.45) is 11.8 Å². The number of hydrogen-bond donors (Lipinski definition) is 1. The molecule has 6 heteroatoms. The Bertz CT molecular complexity index is 366. The van der Waals surface area contributed by atoms with Gasteiger partial charge in [-0.2, -0.15) is 0 Å². The summed E-state index contributed by atoms with van der Waals surface area (Å²) in [5.41, 5.74) is 0. The van der Waals surface area contributed by atoms with Gasteiger partial charge in [0.2, 0.25) is 11.8 Å². The Kier molecular flexibility index (Phi) is 6.48. The molecule has 1 saturated carbocycles. The molecule has 0 spiro atoms. The lowest BCUT2D eigenvalue weighted by Gasteiger charge is -2.32. The van der Waals surface area contributed by atoms with Gasteiger partial charge in [0.05, 0.1) is 13.0 Å². The largest absolute Gasteiger partial charge is 0.469 e. The maximum atomic E-state index is 12.3. The van der Waals surface area contributed by atoms with Crippen LogP contribution in [0.25, 0.3) is 0 Å². The molecular weight excluding hydrogens is 260 g/mol. The summed E-state index contributed by atoms with van der Waals surface area (Å²) in [4.78, 5) is 36.3. The summed E-state index contributed by atoms with van der Waals surface area (Å²) in [7, 11) is 1.34. The number of carbonyl (C=O) groups excluding carboxylic acids is 3. The van der Waals surface area contributed by atoms with Gasteiger partial charge in [-0.15, -0.1) is 0 Å². The molecule has 1 aliphatic rings. The second-order valence-electron chi connectivity index (χ2n) is 5.32. The van der Waals surface area contributed by atoms with Crippen LogP contribution < -0.4 is 5.32 Å². The molecule has 0 radical (unpaired) electrons. The third-order valence-corrected chi connectivity index (χ3v) is 3.62. The average molecular weight is 284 g/mol. The first kappa shape index (κ1) is 16.5. The molecule has 114 valence electrons. The van der Waals surface area contributed by atoms with Gasteiger partial charge < -0.3 is 15.0 Å². The van der Waals surface area contributed by atoms with E-state index in [0.29, 0.717) is 19.6 Å². The normalized spacial score (nSPS) is 15.9. The molecule has 0 aromatic carbocycles. The average Bonchev–Trinajstić information content (AvgIpc) is 2.33. The maximum absolute atomic E-state index is 12.3. The number of nitrogens with one attached hydrogen (secondary N) is 1. The smallest absolute Gasteiger partial charge is 0.310 e. The van der Waals surface area contributed by atoms with Crippen molar-refractivity contribution in [1.29, 1.82) is 0 Å². The van der Waals surface area contributed by atoms with Crippen molar-refractivity contribution < 1.29 is 19.1 Å². The van der Waals surface area contributed by atoms with Crippen LogP contribution in [0.5, 0.6) is 0 Å². The van der Waals surface area contributed by atoms with E-state index in [9.17, 15) is 14.4 Å². The molecule has 0 saturated heterocycles. The van der Waals surface area contributed by atoms with Gasteiger partial charge in [-0.3, -0.25) is 14.4 Å². The molecule has 0 aromatic rings. The number of methoxy groups -OCH3 is 1. The van der Waals surface area contributed by atoms with Gasteiger partial charge >= 0.3 is 5.97 Å². The Hall–Kier alpha value is -1.59. The summed E-state index contributed by atoms with van der Waals surface area (Å²) >= 11 is 0. The zero-order valence-electron chi connectivity index (χ0n) is 12.5. The highest BCUT2D eigenvalue weighted by molar-refractivity contribution is 5.80. The molecule has 6 nitrogen and oxygen atoms in total. The van der Waals surface area contributed by atoms with E-state index >= 15 is 0 Å². The predicted molar refractivity (Wildman–Crippen MR) is 73.8 cm³/mol. The van der Waals surface area contributed by atoms with Crippen LogP contribution in [0.15, 0.2) is 0 Å². The molecular formula is C14H24N2O4. The monoisotopic (exact) mass is 284 g/mol. The number of amides is 2. The summed E-state index contributed by atoms with van der Waals surface area (Å²) < 4.78 is 4.69. The van der Waals surface area contributed by atoms with Crippen molar-refractivity contribution in [3.05, 3.63) is 0 Å². The van der Waals surface area contributed by atoms with Gasteiger partial charge in [0, 0.05) is 32.5 Å². The SMILES string of the molecule is COC(=O)C(C)CN(CCNC(C)=O)C(=O)C1CCC1. The second-order valence-corrected chi connectivity index (χ2v) is 5.32. The number of hydrogen-bond acceptors (Lipinski definition) is 4. The minimum absolute atomic E-state index is 0.0807. The van der Waals surface area contributed by atoms with E-state index in [2.05, 4.69) is 10.1 Å². The molecule has 1 rings (SSSR count). The lowest BCUT2D eigenvalue weighted by molar-refractivity contribution is -0.147. The molecule has 0 aliphatic heterocycles. The van der Waals surface area contributed by atoms with Gasteiger partial charge in [-0.1, -0.05) is 13.3 Å². The number of esters is 1. The van der Waals surface area contributed by atoms with Gasteiger partial charge in [-0.25, -0.2) is 0 Å². The molecule has 0 bridgehead atoms. The Balaban J connectivity index is 2.55. The Morgan fingerprint density at radius 3 is 2.45 bits per heavy atom. The Morgan fingerprint density at radius 1 is 1.35 bits per heavy atom. The summed E-state index contributed by atoms with van der Waals surface area (Å²) in [6, 6.07) is 0. The van der Waals surface area contributed by atoms with E-state index in [1.807, 2.05) is 0 Å². The topological polar surface area (TPSA) is 75.7 Å². The van der Waals surface area contributed by atoms with Crippen molar-refractivity contribution in [1.82, 2.24) is 10.2 Å². The van der Waals surface area contributed by atoms with Crippen molar-refractivity contribution in [3.8, 4) is 0 Å². The number of rotatable bonds is 7. The lowest BCUT2D eigenvalue weighted by atomic mass is 9.84. The van der Waals surface area contributed by atoms with E-state index < -0.39 is 0 Å². The first-order valence-corrected chi connectivity index (χ1v) is 7.06. The lowest BCUT2D eigenvalue weighted by Crippen LogP contribution is -2.45. The van der Waals surface area contributed by atoms with Gasteiger partial charge in [-0.05, 0) is 12.8 Å². The standard InChI is InChI=1S/C14H24N2O4/c1-10(14(19)20-3)9-16(8-7-15-11(2)17)13(18)12-5-4-6-12/h10,12H,4-9H2,1-3H3,(H,15,17). The van der Waals surface area contributed by atoms with Crippen LogP contribution >= 0.6 is 0 Å². The highest BCUT2D eigenvalue weighted by atomic mass is 16.5. The van der Waals surface area contributed by atoms with E-state index in [0.717, 1.165) is 19.3 Å². The van der Waals surface area contributed by atoms with Crippen molar-refractivity contribution in [2.75, 3.05) is 26.7 Å². The zero-order valence-corrected chi connectivity index (χ0v) is 12.5. The number of ether oxygens (including phenoxy) is 1. The minimum Gasteiger partial charge on any atom is -0.469 e. The van der Waals surface area contributed by atoms with Crippen LogP contribution in [0.3, 0.4) is 0 Å². The summed E-state index contributed by atoms with van der Waals surface area (Å²) in [5.74, 6) is -0.645. The van der Waals surface area contributed by atoms with E-state index in [4.69, 9.17) is 0 Å². The summed E-state index contributed by atoms with van der Waals surface area (Å²) in [6.45, 7) is 4.35. The molecule has 2 amide bonds. The van der Waals surface area contributed by atoms with Crippen molar-refractivity contribution in [2.45, 2.75) is 33.1 Å². The van der Waals surface area contributed by atoms with Crippen molar-refractivity contribution in [3.63, 3.8) is 0 Å². The van der Waals surface area contributed by atoms with Gasteiger partial charge in [0.1, 0.15) is 0 Å². The third kappa shape index (κ3) is 4.83. The summed E-state index contributed by atoms with van der Waals surface area (Å²) in [5, 5.41) is 2.67. The highest BCUT2D eigenvalue weighted by Crippen LogP contribution is 2.28. The molecule has 1 fully saturated rings. The minimum atomic E-state index is -0.360. The molecule has 0 aromatic heterocycles. The van der Waals surface area contributed by atoms with E-state index in [-0.39, 0.29) is 29.6 Å². The number of carbonyl (C=O) groups is 3. The fraction of sp³-hybridized carbons (Fsp3) is 0.786. The molecule has 1 N–H and O–H groups in total. The van der Waals surface area contributed by atoms with Crippen LogP contribution in [0.4, 0.5) is 0 Å². The fourth-order valence-corrected chi connectivity index (χ4v) is 2.18. The van der Waals surface area contributed by atoms with Crippen LogP contribution in [0, 0.1) is 11.8 Å². The fourth-order valence-electron chi connectivity index (χ4n) is 2.18. The van der Waals surface area contributed by atoms with Crippen molar-refractivity contribution >= 4 is 17.8 Å². The maximum Gasteiger partial charge on any atom is 0.310 e. The van der Waals surface area contributed by atoms with Gasteiger partial charge in [0.25, 0.3) is 0 Å². The van der Waals surface area contributed by atoms with Crippen LogP contribution in [-0.2, 0) is 19.1 Å². The molecule has 0 heterocycles. The Labute approximate surface area is 119 Å². The molecule has 1 unspecified atom stereocenters. The Morgan fingerprint density at radius 2 is 2.00 bits per heavy atom. The van der Waals surface area contributed by atoms with Crippen LogP contribution in [0.2, 0.25) is 0 Å². The molecule has 1 atom stereocenters. The van der Waals surface area contributed by atoms with Crippen LogP contribution in [0.1, 0.15) is 33.1 Å².